The van der Waals surface area contributed by atoms with Gasteiger partial charge in [0.1, 0.15) is 11.5 Å². The van der Waals surface area contributed by atoms with E-state index in [2.05, 4.69) is 20.9 Å². The minimum atomic E-state index is -0.337. The summed E-state index contributed by atoms with van der Waals surface area (Å²) in [7, 11) is 1.57. The Kier molecular flexibility index (Phi) is 8.70. The first kappa shape index (κ1) is 28.8. The number of hydrogen-bond donors (Lipinski definition) is 3. The van der Waals surface area contributed by atoms with Crippen molar-refractivity contribution in [2.24, 2.45) is 5.41 Å². The number of piperidine rings is 1. The molecule has 0 aliphatic carbocycles. The number of ether oxygens (including phenoxy) is 3. The van der Waals surface area contributed by atoms with Gasteiger partial charge in [0.05, 0.1) is 36.4 Å². The van der Waals surface area contributed by atoms with Gasteiger partial charge in [0, 0.05) is 55.9 Å². The van der Waals surface area contributed by atoms with Crippen LogP contribution in [0.2, 0.25) is 5.02 Å². The maximum atomic E-state index is 12.8. The van der Waals surface area contributed by atoms with Crippen LogP contribution in [0.5, 0.6) is 23.0 Å². The van der Waals surface area contributed by atoms with Crippen LogP contribution in [0.1, 0.15) is 33.1 Å². The lowest BCUT2D eigenvalue weighted by Crippen LogP contribution is -2.58. The summed E-state index contributed by atoms with van der Waals surface area (Å²) in [4.78, 5) is 31.2. The molecule has 10 nitrogen and oxygen atoms in total. The predicted octanol–water partition coefficient (Wildman–Crippen LogP) is 5.20. The minimum Gasteiger partial charge on any atom is -0.493 e. The third kappa shape index (κ3) is 6.77. The minimum absolute atomic E-state index is 0.000927. The fourth-order valence-electron chi connectivity index (χ4n) is 5.17. The summed E-state index contributed by atoms with van der Waals surface area (Å²) in [5.74, 6) is 2.17. The number of methoxy groups -OCH3 is 1. The van der Waals surface area contributed by atoms with E-state index in [9.17, 15) is 9.59 Å². The number of hydrogen-bond acceptors (Lipinski definition) is 7. The normalized spacial score (nSPS) is 15.9. The summed E-state index contributed by atoms with van der Waals surface area (Å²) in [5.41, 5.74) is 1.52. The molecule has 5 rings (SSSR count). The number of nitrogens with one attached hydrogen (secondary N) is 3. The number of nitrogens with zero attached hydrogens (tertiary/aromatic N) is 2. The fourth-order valence-corrected chi connectivity index (χ4v) is 5.38. The van der Waals surface area contributed by atoms with E-state index in [1.807, 2.05) is 18.7 Å². The SMILES string of the molecule is COc1cc2c(Oc3ccc(NC(=O)NC(C)C)c(Cl)c3)ccnc2cc1OCCC(=O)N1CCC2(CC1)CNC2. The number of carbonyl (C=O) groups is 2. The van der Waals surface area contributed by atoms with Crippen LogP contribution in [0.3, 0.4) is 0 Å². The third-order valence-corrected chi connectivity index (χ3v) is 7.89. The summed E-state index contributed by atoms with van der Waals surface area (Å²) in [6.45, 7) is 7.75. The maximum Gasteiger partial charge on any atom is 0.319 e. The summed E-state index contributed by atoms with van der Waals surface area (Å²) in [6, 6.07) is 10.0. The van der Waals surface area contributed by atoms with E-state index in [1.165, 1.54) is 0 Å². The van der Waals surface area contributed by atoms with Gasteiger partial charge in [0.25, 0.3) is 0 Å². The second-order valence-electron chi connectivity index (χ2n) is 10.9. The highest BCUT2D eigenvalue weighted by Crippen LogP contribution is 2.38. The summed E-state index contributed by atoms with van der Waals surface area (Å²) >= 11 is 6.40. The van der Waals surface area contributed by atoms with Crippen LogP contribution in [0, 0.1) is 5.41 Å². The molecule has 2 aliphatic heterocycles. The lowest BCUT2D eigenvalue weighted by Gasteiger charge is -2.48. The number of urea groups is 1. The number of halogens is 1. The lowest BCUT2D eigenvalue weighted by molar-refractivity contribution is -0.134. The molecular weight excluding hydrogens is 546 g/mol. The largest absolute Gasteiger partial charge is 0.493 e. The van der Waals surface area contributed by atoms with Crippen LogP contribution in [0.15, 0.2) is 42.6 Å². The number of benzene rings is 2. The van der Waals surface area contributed by atoms with Crippen molar-refractivity contribution in [1.82, 2.24) is 20.5 Å². The molecule has 2 saturated heterocycles. The summed E-state index contributed by atoms with van der Waals surface area (Å²) in [6.07, 6.45) is 4.06. The number of fused-ring (bicyclic) bond motifs is 1. The molecule has 0 bridgehead atoms. The van der Waals surface area contributed by atoms with Gasteiger partial charge in [-0.3, -0.25) is 9.78 Å². The van der Waals surface area contributed by atoms with Crippen molar-refractivity contribution in [2.75, 3.05) is 45.2 Å². The van der Waals surface area contributed by atoms with E-state index in [4.69, 9.17) is 25.8 Å². The number of pyridine rings is 1. The summed E-state index contributed by atoms with van der Waals surface area (Å²) in [5, 5.41) is 9.90. The Hall–Kier alpha value is -3.76. The van der Waals surface area contributed by atoms with Gasteiger partial charge < -0.3 is 35.1 Å². The zero-order valence-corrected chi connectivity index (χ0v) is 24.3. The van der Waals surface area contributed by atoms with E-state index in [0.717, 1.165) is 44.4 Å². The van der Waals surface area contributed by atoms with Gasteiger partial charge in [-0.1, -0.05) is 11.6 Å². The van der Waals surface area contributed by atoms with Crippen molar-refractivity contribution in [3.8, 4) is 23.0 Å². The Labute approximate surface area is 244 Å². The standard InChI is InChI=1S/C30H36ClN5O5/c1-19(2)34-29(38)35-23-5-4-20(14-22(23)31)41-25-6-10-33-24-16-27(26(39-3)15-21(24)25)40-13-7-28(37)36-11-8-30(9-12-36)17-32-18-30/h4-6,10,14-16,19,32H,7-9,11-13,17-18H2,1-3H3,(H2,34,35,38). The van der Waals surface area contributed by atoms with E-state index < -0.39 is 0 Å². The van der Waals surface area contributed by atoms with Crippen LogP contribution >= 0.6 is 11.6 Å². The van der Waals surface area contributed by atoms with Crippen molar-refractivity contribution < 1.29 is 23.8 Å². The topological polar surface area (TPSA) is 114 Å². The molecule has 3 N–H and O–H groups in total. The van der Waals surface area contributed by atoms with E-state index in [0.29, 0.717) is 51.1 Å². The average Bonchev–Trinajstić information content (AvgIpc) is 2.93. The number of carbonyl (C=O) groups excluding carboxylic acids is 2. The molecule has 2 aromatic carbocycles. The number of amides is 3. The smallest absolute Gasteiger partial charge is 0.319 e. The number of aromatic nitrogens is 1. The molecule has 0 unspecified atom stereocenters. The Morgan fingerprint density at radius 1 is 1.10 bits per heavy atom. The van der Waals surface area contributed by atoms with Crippen LogP contribution in [0.25, 0.3) is 10.9 Å². The van der Waals surface area contributed by atoms with E-state index in [-0.39, 0.29) is 24.6 Å². The average molecular weight is 582 g/mol. The molecule has 0 radical (unpaired) electrons. The molecule has 0 saturated carbocycles. The van der Waals surface area contributed by atoms with Crippen LogP contribution in [-0.4, -0.2) is 67.8 Å². The number of rotatable bonds is 9. The highest BCUT2D eigenvalue weighted by Gasteiger charge is 2.40. The van der Waals surface area contributed by atoms with E-state index >= 15 is 0 Å². The van der Waals surface area contributed by atoms with Gasteiger partial charge in [-0.25, -0.2) is 4.79 Å². The zero-order chi connectivity index (χ0) is 29.0. The van der Waals surface area contributed by atoms with Gasteiger partial charge in [-0.15, -0.1) is 0 Å². The van der Waals surface area contributed by atoms with Crippen molar-refractivity contribution in [1.29, 1.82) is 0 Å². The quantitative estimate of drug-likeness (QED) is 0.318. The van der Waals surface area contributed by atoms with Crippen molar-refractivity contribution in [2.45, 2.75) is 39.2 Å². The molecule has 218 valence electrons. The van der Waals surface area contributed by atoms with Gasteiger partial charge in [0.2, 0.25) is 5.91 Å². The molecule has 3 heterocycles. The Balaban J connectivity index is 1.23. The van der Waals surface area contributed by atoms with Crippen molar-refractivity contribution in [3.05, 3.63) is 47.6 Å². The molecule has 3 amide bonds. The summed E-state index contributed by atoms with van der Waals surface area (Å²) < 4.78 is 17.7. The second-order valence-corrected chi connectivity index (χ2v) is 11.3. The molecule has 3 aromatic rings. The molecule has 41 heavy (non-hydrogen) atoms. The fraction of sp³-hybridized carbons (Fsp3) is 0.433. The Morgan fingerprint density at radius 3 is 2.54 bits per heavy atom. The van der Waals surface area contributed by atoms with Gasteiger partial charge >= 0.3 is 6.03 Å². The highest BCUT2D eigenvalue weighted by molar-refractivity contribution is 6.33. The first-order valence-corrected chi connectivity index (χ1v) is 14.3. The molecule has 1 spiro atoms. The highest BCUT2D eigenvalue weighted by atomic mass is 35.5. The van der Waals surface area contributed by atoms with Crippen LogP contribution in [0.4, 0.5) is 10.5 Å². The van der Waals surface area contributed by atoms with Gasteiger partial charge in [-0.05, 0) is 56.4 Å². The maximum absolute atomic E-state index is 12.8. The third-order valence-electron chi connectivity index (χ3n) is 7.57. The predicted molar refractivity (Wildman–Crippen MR) is 158 cm³/mol. The molecular formula is C30H36ClN5O5. The Morgan fingerprint density at radius 2 is 1.88 bits per heavy atom. The number of anilines is 1. The first-order valence-electron chi connectivity index (χ1n) is 13.9. The lowest BCUT2D eigenvalue weighted by atomic mass is 9.73. The number of likely N-dealkylation sites (tertiary alicyclic amines) is 1. The Bertz CT molecular complexity index is 1420. The van der Waals surface area contributed by atoms with Crippen molar-refractivity contribution in [3.63, 3.8) is 0 Å². The van der Waals surface area contributed by atoms with E-state index in [1.54, 1.807) is 49.7 Å². The second kappa shape index (κ2) is 12.4. The molecule has 2 aliphatic rings. The zero-order valence-electron chi connectivity index (χ0n) is 23.6. The van der Waals surface area contributed by atoms with Gasteiger partial charge in [0.15, 0.2) is 11.5 Å². The monoisotopic (exact) mass is 581 g/mol. The van der Waals surface area contributed by atoms with Gasteiger partial charge in [-0.2, -0.15) is 0 Å². The molecule has 1 aromatic heterocycles. The molecule has 11 heteroatoms. The van der Waals surface area contributed by atoms with Crippen LogP contribution < -0.4 is 30.2 Å². The van der Waals surface area contributed by atoms with Crippen molar-refractivity contribution >= 4 is 40.1 Å². The molecule has 2 fully saturated rings. The molecule has 0 atom stereocenters. The first-order chi connectivity index (χ1) is 19.7. The van der Waals surface area contributed by atoms with Crippen LogP contribution in [-0.2, 0) is 4.79 Å².